The van der Waals surface area contributed by atoms with Crippen LogP contribution in [0.25, 0.3) is 11.1 Å². The number of rotatable bonds is 3. The lowest BCUT2D eigenvalue weighted by molar-refractivity contribution is 0.563. The lowest BCUT2D eigenvalue weighted by atomic mass is 9.55. The van der Waals surface area contributed by atoms with Crippen molar-refractivity contribution in [3.8, 4) is 11.1 Å². The molecule has 37 heavy (non-hydrogen) atoms. The molecule has 0 atom stereocenters. The Kier molecular flexibility index (Phi) is 4.97. The van der Waals surface area contributed by atoms with E-state index in [-0.39, 0.29) is 10.8 Å². The van der Waals surface area contributed by atoms with Gasteiger partial charge in [-0.2, -0.15) is 0 Å². The second kappa shape index (κ2) is 8.16. The average Bonchev–Trinajstić information content (AvgIpc) is 3.23. The number of hydrogen-bond donors (Lipinski definition) is 1. The summed E-state index contributed by atoms with van der Waals surface area (Å²) in [5.74, 6) is 0. The van der Waals surface area contributed by atoms with Gasteiger partial charge < -0.3 is 5.73 Å². The second-order valence-electron chi connectivity index (χ2n) is 11.3. The molecule has 0 aromatic heterocycles. The molecule has 1 nitrogen and oxygen atoms in total. The third-order valence-electron chi connectivity index (χ3n) is 9.02. The van der Waals surface area contributed by atoms with E-state index < -0.39 is 0 Å². The molecule has 7 rings (SSSR count). The van der Waals surface area contributed by atoms with Crippen molar-refractivity contribution < 1.29 is 0 Å². The molecule has 0 heterocycles. The van der Waals surface area contributed by atoms with Crippen LogP contribution in [0, 0.1) is 0 Å². The van der Waals surface area contributed by atoms with Crippen molar-refractivity contribution in [2.24, 2.45) is 5.73 Å². The van der Waals surface area contributed by atoms with Crippen molar-refractivity contribution in [3.05, 3.63) is 153 Å². The van der Waals surface area contributed by atoms with Crippen LogP contribution >= 0.6 is 0 Å². The summed E-state index contributed by atoms with van der Waals surface area (Å²) in [5.41, 5.74) is 21.0. The molecular formula is C36H33N. The van der Waals surface area contributed by atoms with Crippen LogP contribution in [-0.4, -0.2) is 0 Å². The van der Waals surface area contributed by atoms with Gasteiger partial charge >= 0.3 is 0 Å². The summed E-state index contributed by atoms with van der Waals surface area (Å²) in [5, 5.41) is 0. The molecule has 182 valence electrons. The molecule has 0 radical (unpaired) electrons. The minimum Gasteiger partial charge on any atom is -0.326 e. The molecule has 3 aliphatic carbocycles. The van der Waals surface area contributed by atoms with Crippen molar-refractivity contribution in [2.75, 3.05) is 0 Å². The molecule has 1 spiro atoms. The Labute approximate surface area is 220 Å². The highest BCUT2D eigenvalue weighted by molar-refractivity contribution is 5.90. The number of hydrogen-bond acceptors (Lipinski definition) is 1. The number of benzene rings is 4. The Bertz CT molecular complexity index is 1560. The highest BCUT2D eigenvalue weighted by Gasteiger charge is 2.53. The standard InChI is InChI=1S/C36H33N/c1-35(2)29-14-6-8-16-31(29)36(32-17-9-7-15-30(32)35)28-20-19-25(21-24-11-4-3-5-12-24)22-27(28)34-26(23-37)13-10-18-33(34)36/h4,6-20,22H,3,5,21,23,37H2,1-2H3. The summed E-state index contributed by atoms with van der Waals surface area (Å²) < 4.78 is 0. The van der Waals surface area contributed by atoms with E-state index in [1.165, 1.54) is 61.2 Å². The first-order valence-corrected chi connectivity index (χ1v) is 13.6. The van der Waals surface area contributed by atoms with Crippen LogP contribution in [0.2, 0.25) is 0 Å². The Hall–Kier alpha value is -3.68. The molecular weight excluding hydrogens is 446 g/mol. The van der Waals surface area contributed by atoms with E-state index in [0.29, 0.717) is 6.54 Å². The largest absolute Gasteiger partial charge is 0.326 e. The Morgan fingerprint density at radius 2 is 1.38 bits per heavy atom. The Morgan fingerprint density at radius 3 is 2.03 bits per heavy atom. The van der Waals surface area contributed by atoms with Gasteiger partial charge in [-0.3, -0.25) is 0 Å². The van der Waals surface area contributed by atoms with Gasteiger partial charge in [0.15, 0.2) is 0 Å². The Balaban J connectivity index is 1.57. The van der Waals surface area contributed by atoms with Gasteiger partial charge in [-0.15, -0.1) is 0 Å². The van der Waals surface area contributed by atoms with Crippen LogP contribution in [-0.2, 0) is 23.8 Å². The zero-order valence-corrected chi connectivity index (χ0v) is 21.7. The van der Waals surface area contributed by atoms with Gasteiger partial charge in [0, 0.05) is 12.0 Å². The summed E-state index contributed by atoms with van der Waals surface area (Å²) in [6, 6.07) is 32.3. The van der Waals surface area contributed by atoms with E-state index in [1.807, 2.05) is 0 Å². The van der Waals surface area contributed by atoms with E-state index in [1.54, 1.807) is 0 Å². The highest BCUT2D eigenvalue weighted by atomic mass is 14.6. The number of nitrogens with two attached hydrogens (primary N) is 1. The topological polar surface area (TPSA) is 26.0 Å². The number of fused-ring (bicyclic) bond motifs is 9. The van der Waals surface area contributed by atoms with Crippen LogP contribution in [0.1, 0.15) is 71.2 Å². The summed E-state index contributed by atoms with van der Waals surface area (Å²) in [4.78, 5) is 0. The third kappa shape index (κ3) is 3.01. The van der Waals surface area contributed by atoms with Gasteiger partial charge in [-0.1, -0.05) is 117 Å². The minimum absolute atomic E-state index is 0.0768. The summed E-state index contributed by atoms with van der Waals surface area (Å²) in [7, 11) is 0. The van der Waals surface area contributed by atoms with Gasteiger partial charge in [-0.25, -0.2) is 0 Å². The first-order valence-electron chi connectivity index (χ1n) is 13.6. The van der Waals surface area contributed by atoms with Gasteiger partial charge in [0.05, 0.1) is 5.41 Å². The molecule has 1 heteroatoms. The molecule has 0 unspecified atom stereocenters. The zero-order valence-electron chi connectivity index (χ0n) is 21.7. The Morgan fingerprint density at radius 1 is 0.703 bits per heavy atom. The predicted octanol–water partition coefficient (Wildman–Crippen LogP) is 7.97. The molecule has 0 fully saturated rings. The van der Waals surface area contributed by atoms with Gasteiger partial charge in [0.1, 0.15) is 0 Å². The monoisotopic (exact) mass is 479 g/mol. The van der Waals surface area contributed by atoms with Gasteiger partial charge in [-0.05, 0) is 80.5 Å². The quantitative estimate of drug-likeness (QED) is 0.279. The first kappa shape index (κ1) is 22.5. The smallest absolute Gasteiger partial charge is 0.0719 e. The fourth-order valence-corrected chi connectivity index (χ4v) is 7.40. The summed E-state index contributed by atoms with van der Waals surface area (Å²) in [6.07, 6.45) is 10.3. The van der Waals surface area contributed by atoms with Gasteiger partial charge in [0.2, 0.25) is 0 Å². The molecule has 0 saturated carbocycles. The maximum absolute atomic E-state index is 6.40. The van der Waals surface area contributed by atoms with E-state index in [0.717, 1.165) is 19.3 Å². The van der Waals surface area contributed by atoms with Crippen molar-refractivity contribution in [2.45, 2.75) is 50.5 Å². The minimum atomic E-state index is -0.346. The van der Waals surface area contributed by atoms with Crippen LogP contribution in [0.3, 0.4) is 0 Å². The van der Waals surface area contributed by atoms with Crippen molar-refractivity contribution in [1.29, 1.82) is 0 Å². The van der Waals surface area contributed by atoms with E-state index in [2.05, 4.69) is 117 Å². The second-order valence-corrected chi connectivity index (χ2v) is 11.3. The lowest BCUT2D eigenvalue weighted by Gasteiger charge is -2.46. The maximum Gasteiger partial charge on any atom is 0.0719 e. The van der Waals surface area contributed by atoms with Crippen molar-refractivity contribution in [3.63, 3.8) is 0 Å². The average molecular weight is 480 g/mol. The van der Waals surface area contributed by atoms with Crippen LogP contribution in [0.4, 0.5) is 0 Å². The zero-order chi connectivity index (χ0) is 25.2. The molecule has 0 amide bonds. The normalized spacial score (nSPS) is 17.5. The van der Waals surface area contributed by atoms with Crippen LogP contribution < -0.4 is 5.73 Å². The predicted molar refractivity (Wildman–Crippen MR) is 154 cm³/mol. The fourth-order valence-electron chi connectivity index (χ4n) is 7.40. The van der Waals surface area contributed by atoms with Crippen LogP contribution in [0.5, 0.6) is 0 Å². The molecule has 4 aromatic rings. The lowest BCUT2D eigenvalue weighted by Crippen LogP contribution is -2.40. The first-order chi connectivity index (χ1) is 18.1. The molecule has 0 saturated heterocycles. The summed E-state index contributed by atoms with van der Waals surface area (Å²) >= 11 is 0. The highest BCUT2D eigenvalue weighted by Crippen LogP contribution is 2.62. The molecule has 3 aliphatic rings. The van der Waals surface area contributed by atoms with Crippen molar-refractivity contribution in [1.82, 2.24) is 0 Å². The third-order valence-corrected chi connectivity index (χ3v) is 9.02. The van der Waals surface area contributed by atoms with E-state index in [9.17, 15) is 0 Å². The van der Waals surface area contributed by atoms with E-state index >= 15 is 0 Å². The SMILES string of the molecule is CC1(C)c2ccccc2C2(c3ccc(CC4=CCCC=C4)cc3-c3c(CN)cccc32)c2ccccc21. The number of allylic oxidation sites excluding steroid dienone is 4. The summed E-state index contributed by atoms with van der Waals surface area (Å²) in [6.45, 7) is 5.28. The molecule has 4 aromatic carbocycles. The maximum atomic E-state index is 6.40. The molecule has 2 N–H and O–H groups in total. The fraction of sp³-hybridized carbons (Fsp3) is 0.222. The van der Waals surface area contributed by atoms with E-state index in [4.69, 9.17) is 5.73 Å². The van der Waals surface area contributed by atoms with Crippen LogP contribution in [0.15, 0.2) is 109 Å². The molecule has 0 aliphatic heterocycles. The molecule has 0 bridgehead atoms. The van der Waals surface area contributed by atoms with Gasteiger partial charge in [0.25, 0.3) is 0 Å². The van der Waals surface area contributed by atoms with Crippen molar-refractivity contribution >= 4 is 0 Å².